The van der Waals surface area contributed by atoms with Crippen molar-refractivity contribution in [2.45, 2.75) is 18.4 Å². The molecular formula is C19H15ClF5NO2. The second-order valence-electron chi connectivity index (χ2n) is 6.38. The van der Waals surface area contributed by atoms with E-state index < -0.39 is 40.4 Å². The molecule has 0 spiro atoms. The highest BCUT2D eigenvalue weighted by Crippen LogP contribution is 2.41. The normalized spacial score (nSPS) is 16.1. The minimum atomic E-state index is -2.25. The van der Waals surface area contributed by atoms with Crippen molar-refractivity contribution in [1.82, 2.24) is 4.90 Å². The third-order valence-electron chi connectivity index (χ3n) is 4.80. The van der Waals surface area contributed by atoms with Crippen LogP contribution >= 0.6 is 11.6 Å². The van der Waals surface area contributed by atoms with E-state index in [0.29, 0.717) is 5.56 Å². The van der Waals surface area contributed by atoms with Crippen molar-refractivity contribution < 1.29 is 31.5 Å². The van der Waals surface area contributed by atoms with E-state index in [2.05, 4.69) is 0 Å². The Balaban J connectivity index is 2.03. The second kappa shape index (κ2) is 7.95. The number of benzene rings is 2. The number of hydrogen-bond donors (Lipinski definition) is 0. The van der Waals surface area contributed by atoms with Crippen LogP contribution in [0, 0.1) is 29.1 Å². The largest absolute Gasteiger partial charge is 0.476 e. The van der Waals surface area contributed by atoms with Gasteiger partial charge in [-0.3, -0.25) is 4.79 Å². The van der Waals surface area contributed by atoms with E-state index in [1.165, 1.54) is 4.90 Å². The molecule has 3 nitrogen and oxygen atoms in total. The van der Waals surface area contributed by atoms with E-state index >= 15 is 0 Å². The fraction of sp³-hybridized carbons (Fsp3) is 0.316. The fourth-order valence-electron chi connectivity index (χ4n) is 3.26. The lowest BCUT2D eigenvalue weighted by molar-refractivity contribution is -0.132. The SMILES string of the molecule is O=C(CCl)N1CCC(Oc2c(F)c(F)c(F)c(F)c2F)(c2ccccc2)CC1. The molecule has 1 heterocycles. The molecule has 2 aromatic carbocycles. The second-order valence-corrected chi connectivity index (χ2v) is 6.64. The van der Waals surface area contributed by atoms with E-state index in [0.717, 1.165) is 0 Å². The maximum absolute atomic E-state index is 14.2. The Labute approximate surface area is 162 Å². The van der Waals surface area contributed by atoms with Gasteiger partial charge in [-0.15, -0.1) is 11.6 Å². The first kappa shape index (κ1) is 20.4. The Hall–Kier alpha value is -2.35. The molecule has 0 radical (unpaired) electrons. The van der Waals surface area contributed by atoms with E-state index in [4.69, 9.17) is 16.3 Å². The lowest BCUT2D eigenvalue weighted by Crippen LogP contribution is -2.48. The molecule has 1 amide bonds. The molecule has 0 aromatic heterocycles. The zero-order valence-electron chi connectivity index (χ0n) is 14.5. The summed E-state index contributed by atoms with van der Waals surface area (Å²) in [5.41, 5.74) is -0.875. The zero-order chi connectivity index (χ0) is 20.5. The molecule has 1 saturated heterocycles. The molecular weight excluding hydrogens is 405 g/mol. The van der Waals surface area contributed by atoms with Crippen molar-refractivity contribution in [3.8, 4) is 5.75 Å². The van der Waals surface area contributed by atoms with Gasteiger partial charge in [0.15, 0.2) is 5.75 Å². The number of piperidine rings is 1. The van der Waals surface area contributed by atoms with Gasteiger partial charge in [0.05, 0.1) is 0 Å². The number of alkyl halides is 1. The molecule has 3 rings (SSSR count). The van der Waals surface area contributed by atoms with E-state index in [1.54, 1.807) is 30.3 Å². The van der Waals surface area contributed by atoms with Crippen molar-refractivity contribution in [2.75, 3.05) is 19.0 Å². The summed E-state index contributed by atoms with van der Waals surface area (Å²) in [6, 6.07) is 8.29. The Morgan fingerprint density at radius 3 is 1.93 bits per heavy atom. The van der Waals surface area contributed by atoms with E-state index in [1.807, 2.05) is 0 Å². The molecule has 9 heteroatoms. The lowest BCUT2D eigenvalue weighted by atomic mass is 9.84. The summed E-state index contributed by atoms with van der Waals surface area (Å²) in [6.07, 6.45) is 0.165. The summed E-state index contributed by atoms with van der Waals surface area (Å²) in [7, 11) is 0. The highest BCUT2D eigenvalue weighted by Gasteiger charge is 2.42. The minimum absolute atomic E-state index is 0.0825. The van der Waals surface area contributed by atoms with Crippen LogP contribution in [0.25, 0.3) is 0 Å². The monoisotopic (exact) mass is 419 g/mol. The molecule has 0 atom stereocenters. The van der Waals surface area contributed by atoms with Crippen molar-refractivity contribution >= 4 is 17.5 Å². The Morgan fingerprint density at radius 1 is 0.929 bits per heavy atom. The molecule has 1 fully saturated rings. The molecule has 150 valence electrons. The van der Waals surface area contributed by atoms with Gasteiger partial charge in [0.1, 0.15) is 11.5 Å². The predicted octanol–water partition coefficient (Wildman–Crippen LogP) is 4.52. The van der Waals surface area contributed by atoms with Crippen LogP contribution in [0.4, 0.5) is 22.0 Å². The smallest absolute Gasteiger partial charge is 0.237 e. The Morgan fingerprint density at radius 2 is 1.43 bits per heavy atom. The van der Waals surface area contributed by atoms with Crippen LogP contribution in [0.15, 0.2) is 30.3 Å². The summed E-state index contributed by atoms with van der Waals surface area (Å²) < 4.78 is 74.4. The van der Waals surface area contributed by atoms with Gasteiger partial charge in [0.25, 0.3) is 0 Å². The summed E-state index contributed by atoms with van der Waals surface area (Å²) in [5.74, 6) is -12.4. The van der Waals surface area contributed by atoms with Gasteiger partial charge >= 0.3 is 0 Å². The molecule has 0 bridgehead atoms. The standard InChI is InChI=1S/C19H15ClF5NO2/c20-10-12(27)26-8-6-19(7-9-26,11-4-2-1-3-5-11)28-18-16(24)14(22)13(21)15(23)17(18)25/h1-5H,6-10H2. The van der Waals surface area contributed by atoms with Gasteiger partial charge in [-0.1, -0.05) is 30.3 Å². The molecule has 1 aliphatic heterocycles. The number of likely N-dealkylation sites (tertiary alicyclic amines) is 1. The van der Waals surface area contributed by atoms with Gasteiger partial charge in [0.2, 0.25) is 35.0 Å². The van der Waals surface area contributed by atoms with Gasteiger partial charge in [-0.2, -0.15) is 8.78 Å². The average molecular weight is 420 g/mol. The van der Waals surface area contributed by atoms with Crippen LogP contribution < -0.4 is 4.74 Å². The molecule has 0 N–H and O–H groups in total. The van der Waals surface area contributed by atoms with Crippen molar-refractivity contribution in [2.24, 2.45) is 0 Å². The highest BCUT2D eigenvalue weighted by molar-refractivity contribution is 6.27. The number of hydrogen-bond acceptors (Lipinski definition) is 2. The van der Waals surface area contributed by atoms with Gasteiger partial charge < -0.3 is 9.64 Å². The van der Waals surface area contributed by atoms with Crippen LogP contribution in [-0.2, 0) is 10.4 Å². The van der Waals surface area contributed by atoms with Crippen molar-refractivity contribution in [3.05, 3.63) is 65.0 Å². The number of amides is 1. The maximum Gasteiger partial charge on any atom is 0.237 e. The third-order valence-corrected chi connectivity index (χ3v) is 5.03. The van der Waals surface area contributed by atoms with E-state index in [9.17, 15) is 26.7 Å². The van der Waals surface area contributed by atoms with Crippen molar-refractivity contribution in [3.63, 3.8) is 0 Å². The first-order valence-corrected chi connectivity index (χ1v) is 8.94. The van der Waals surface area contributed by atoms with Crippen LogP contribution in [0.3, 0.4) is 0 Å². The fourth-order valence-corrected chi connectivity index (χ4v) is 3.43. The first-order chi connectivity index (χ1) is 13.3. The quantitative estimate of drug-likeness (QED) is 0.316. The van der Waals surface area contributed by atoms with Crippen molar-refractivity contribution in [1.29, 1.82) is 0 Å². The maximum atomic E-state index is 14.2. The number of ether oxygens (including phenoxy) is 1. The first-order valence-electron chi connectivity index (χ1n) is 8.40. The van der Waals surface area contributed by atoms with E-state index in [-0.39, 0.29) is 37.7 Å². The third kappa shape index (κ3) is 3.53. The van der Waals surface area contributed by atoms with Crippen LogP contribution in [0.1, 0.15) is 18.4 Å². The summed E-state index contributed by atoms with van der Waals surface area (Å²) in [6.45, 7) is 0.297. The average Bonchev–Trinajstić information content (AvgIpc) is 2.74. The van der Waals surface area contributed by atoms with Crippen LogP contribution in [0.2, 0.25) is 0 Å². The molecule has 0 aliphatic carbocycles. The van der Waals surface area contributed by atoms with Gasteiger partial charge in [-0.25, -0.2) is 13.2 Å². The Kier molecular flexibility index (Phi) is 5.79. The summed E-state index contributed by atoms with van der Waals surface area (Å²) >= 11 is 5.55. The van der Waals surface area contributed by atoms with Crippen LogP contribution in [-0.4, -0.2) is 29.8 Å². The summed E-state index contributed by atoms with van der Waals surface area (Å²) in [5, 5.41) is 0. The van der Waals surface area contributed by atoms with Gasteiger partial charge in [0, 0.05) is 25.9 Å². The number of carbonyl (C=O) groups is 1. The highest BCUT2D eigenvalue weighted by atomic mass is 35.5. The number of nitrogens with zero attached hydrogens (tertiary/aromatic N) is 1. The molecule has 1 aliphatic rings. The van der Waals surface area contributed by atoms with Gasteiger partial charge in [-0.05, 0) is 5.56 Å². The Bertz CT molecular complexity index is 857. The molecule has 0 unspecified atom stereocenters. The molecule has 28 heavy (non-hydrogen) atoms. The minimum Gasteiger partial charge on any atom is -0.476 e. The van der Waals surface area contributed by atoms with Crippen LogP contribution in [0.5, 0.6) is 5.75 Å². The number of rotatable bonds is 4. The molecule has 2 aromatic rings. The zero-order valence-corrected chi connectivity index (χ0v) is 15.2. The number of halogens is 6. The summed E-state index contributed by atoms with van der Waals surface area (Å²) in [4.78, 5) is 13.3. The predicted molar refractivity (Wildman–Crippen MR) is 91.5 cm³/mol. The molecule has 0 saturated carbocycles. The lowest BCUT2D eigenvalue weighted by Gasteiger charge is -2.42. The number of carbonyl (C=O) groups excluding carboxylic acids is 1. The topological polar surface area (TPSA) is 29.5 Å².